The Morgan fingerprint density at radius 1 is 0.317 bits per heavy atom. The lowest BCUT2D eigenvalue weighted by molar-refractivity contribution is 0.524. The molecule has 60 heavy (non-hydrogen) atoms. The minimum Gasteiger partial charge on any atom is -0.249 e. The van der Waals surface area contributed by atoms with E-state index in [2.05, 4.69) is 61.0 Å². The van der Waals surface area contributed by atoms with Crippen LogP contribution in [0.15, 0.2) is 47.2 Å². The van der Waals surface area contributed by atoms with Gasteiger partial charge in [-0.2, -0.15) is 0 Å². The summed E-state index contributed by atoms with van der Waals surface area (Å²) in [5, 5.41) is 4.38. The molecule has 3 aromatic heterocycles. The Morgan fingerprint density at radius 3 is 0.800 bits per heavy atom. The number of fused-ring (bicyclic) bond motifs is 1. The molecule has 4 heteroatoms. The summed E-state index contributed by atoms with van der Waals surface area (Å²) in [5.41, 5.74) is 7.22. The summed E-state index contributed by atoms with van der Waals surface area (Å²) in [6.07, 6.45) is 53.0. The van der Waals surface area contributed by atoms with Crippen molar-refractivity contribution in [3.63, 3.8) is 0 Å². The molecule has 0 unspecified atom stereocenters. The maximum atomic E-state index is 5.56. The Kier molecular flexibility index (Phi) is 29.1. The summed E-state index contributed by atoms with van der Waals surface area (Å²) in [5.74, 6) is 0. The first-order valence-corrected chi connectivity index (χ1v) is 28.0. The van der Waals surface area contributed by atoms with Gasteiger partial charge in [-0.15, -0.1) is 22.7 Å². The van der Waals surface area contributed by atoms with Crippen molar-refractivity contribution in [2.24, 2.45) is 0 Å². The topological polar surface area (TPSA) is 25.8 Å². The Bertz CT molecular complexity index is 1440. The van der Waals surface area contributed by atoms with Crippen molar-refractivity contribution in [3.05, 3.63) is 58.5 Å². The average molecular weight is 855 g/mol. The second-order valence-electron chi connectivity index (χ2n) is 18.5. The van der Waals surface area contributed by atoms with Crippen LogP contribution < -0.4 is 0 Å². The summed E-state index contributed by atoms with van der Waals surface area (Å²) in [6.45, 7) is 4.62. The highest BCUT2D eigenvalue weighted by molar-refractivity contribution is 7.14. The predicted octanol–water partition coefficient (Wildman–Crippen LogP) is 20.3. The number of thiophene rings is 2. The van der Waals surface area contributed by atoms with E-state index in [-0.39, 0.29) is 0 Å². The molecule has 0 saturated heterocycles. The van der Waals surface area contributed by atoms with Gasteiger partial charge in [-0.1, -0.05) is 256 Å². The number of aryl methyl sites for hydroxylation is 2. The van der Waals surface area contributed by atoms with Gasteiger partial charge >= 0.3 is 0 Å². The van der Waals surface area contributed by atoms with Crippen LogP contribution in [-0.2, 0) is 12.8 Å². The fraction of sp³-hybridized carbons (Fsp3) is 0.714. The van der Waals surface area contributed by atoms with Crippen molar-refractivity contribution in [1.29, 1.82) is 0 Å². The molecule has 0 aliphatic heterocycles. The van der Waals surface area contributed by atoms with E-state index in [0.717, 1.165) is 23.9 Å². The Morgan fingerprint density at radius 2 is 0.567 bits per heavy atom. The first kappa shape index (κ1) is 50.6. The quantitative estimate of drug-likeness (QED) is 0.0417. The van der Waals surface area contributed by atoms with Gasteiger partial charge in [0.05, 0.1) is 22.4 Å². The third-order valence-corrected chi connectivity index (χ3v) is 14.9. The number of aromatic nitrogens is 2. The first-order valence-electron chi connectivity index (χ1n) is 26.2. The fourth-order valence-corrected chi connectivity index (χ4v) is 10.8. The Labute approximate surface area is 379 Å². The molecule has 0 radical (unpaired) electrons. The lowest BCUT2D eigenvalue weighted by Gasteiger charge is -2.14. The van der Waals surface area contributed by atoms with E-state index in [1.807, 2.05) is 22.7 Å². The SMILES string of the molecule is CCCCCCCCCCCCCCCCCCCCc1nc2c(-c3cccs3)ccc(-c3cccs3)c2nc1CCCCCCCCCCCCCCCCCCCC. The van der Waals surface area contributed by atoms with Crippen LogP contribution in [0.2, 0.25) is 0 Å². The highest BCUT2D eigenvalue weighted by Gasteiger charge is 2.17. The Balaban J connectivity index is 1.17. The van der Waals surface area contributed by atoms with Gasteiger partial charge in [0.25, 0.3) is 0 Å². The molecule has 0 spiro atoms. The van der Waals surface area contributed by atoms with Gasteiger partial charge in [0.2, 0.25) is 0 Å². The molecule has 4 rings (SSSR count). The highest BCUT2D eigenvalue weighted by atomic mass is 32.1. The molecule has 1 aromatic carbocycles. The predicted molar refractivity (Wildman–Crippen MR) is 271 cm³/mol. The monoisotopic (exact) mass is 855 g/mol. The van der Waals surface area contributed by atoms with Crippen LogP contribution in [0.4, 0.5) is 0 Å². The van der Waals surface area contributed by atoms with Gasteiger partial charge < -0.3 is 0 Å². The molecule has 2 nitrogen and oxygen atoms in total. The number of nitrogens with zero attached hydrogens (tertiary/aromatic N) is 2. The van der Waals surface area contributed by atoms with E-state index in [4.69, 9.17) is 9.97 Å². The zero-order chi connectivity index (χ0) is 42.0. The smallest absolute Gasteiger partial charge is 0.0983 e. The van der Waals surface area contributed by atoms with Crippen molar-refractivity contribution in [3.8, 4) is 20.9 Å². The third kappa shape index (κ3) is 21.4. The lowest BCUT2D eigenvalue weighted by atomic mass is 10.0. The Hall–Kier alpha value is -2.04. The lowest BCUT2D eigenvalue weighted by Crippen LogP contribution is -2.05. The van der Waals surface area contributed by atoms with Crippen molar-refractivity contribution in [1.82, 2.24) is 9.97 Å². The number of rotatable bonds is 40. The van der Waals surface area contributed by atoms with Crippen LogP contribution in [0.1, 0.15) is 256 Å². The van der Waals surface area contributed by atoms with Gasteiger partial charge in [-0.3, -0.25) is 0 Å². The van der Waals surface area contributed by atoms with Crippen LogP contribution in [0.3, 0.4) is 0 Å². The van der Waals surface area contributed by atoms with Gasteiger partial charge in [-0.05, 0) is 48.6 Å². The van der Waals surface area contributed by atoms with Gasteiger partial charge in [-0.25, -0.2) is 9.97 Å². The van der Waals surface area contributed by atoms with E-state index in [0.29, 0.717) is 0 Å². The second kappa shape index (κ2) is 34.4. The van der Waals surface area contributed by atoms with Gasteiger partial charge in [0.15, 0.2) is 0 Å². The molecule has 0 bridgehead atoms. The highest BCUT2D eigenvalue weighted by Crippen LogP contribution is 2.38. The molecule has 0 fully saturated rings. The summed E-state index contributed by atoms with van der Waals surface area (Å²) in [6, 6.07) is 13.4. The van der Waals surface area contributed by atoms with E-state index in [1.54, 1.807) is 0 Å². The van der Waals surface area contributed by atoms with E-state index < -0.39 is 0 Å². The minimum absolute atomic E-state index is 1.06. The molecule has 0 amide bonds. The number of hydrogen-bond donors (Lipinski definition) is 0. The van der Waals surface area contributed by atoms with Crippen molar-refractivity contribution in [2.75, 3.05) is 0 Å². The molecule has 0 atom stereocenters. The van der Waals surface area contributed by atoms with Crippen LogP contribution in [0.25, 0.3) is 31.9 Å². The van der Waals surface area contributed by atoms with Crippen LogP contribution in [-0.4, -0.2) is 9.97 Å². The number of benzene rings is 1. The average Bonchev–Trinajstić information content (AvgIpc) is 4.01. The third-order valence-electron chi connectivity index (χ3n) is 13.1. The molecular weight excluding hydrogens is 765 g/mol. The van der Waals surface area contributed by atoms with Crippen molar-refractivity contribution < 1.29 is 0 Å². The number of hydrogen-bond acceptors (Lipinski definition) is 4. The molecular formula is C56H90N2S2. The zero-order valence-electron chi connectivity index (χ0n) is 39.2. The van der Waals surface area contributed by atoms with Crippen LogP contribution in [0.5, 0.6) is 0 Å². The van der Waals surface area contributed by atoms with E-state index in [9.17, 15) is 0 Å². The standard InChI is InChI=1S/C56H90N2S2/c1-3-5-7-9-11-13-15-17-19-21-23-25-27-29-31-33-35-37-41-51-52(42-38-36-34-32-30-28-26-24-22-20-18-16-14-12-10-8-6-4-2)58-56-50(54-44-40-48-60-54)46-45-49(55(56)57-51)53-43-39-47-59-53/h39-40,43-48H,3-38,41-42H2,1-2H3. The maximum Gasteiger partial charge on any atom is 0.0983 e. The van der Waals surface area contributed by atoms with Crippen LogP contribution >= 0.6 is 22.7 Å². The minimum atomic E-state index is 1.06. The van der Waals surface area contributed by atoms with Crippen molar-refractivity contribution in [2.45, 2.75) is 258 Å². The maximum absolute atomic E-state index is 5.56. The largest absolute Gasteiger partial charge is 0.249 e. The first-order chi connectivity index (χ1) is 29.8. The summed E-state index contributed by atoms with van der Waals surface area (Å²) >= 11 is 3.63. The number of unbranched alkanes of at least 4 members (excludes halogenated alkanes) is 34. The molecule has 4 aromatic rings. The molecule has 0 saturated carbocycles. The van der Waals surface area contributed by atoms with Gasteiger partial charge in [0, 0.05) is 20.9 Å². The summed E-state index contributed by atoms with van der Waals surface area (Å²) in [4.78, 5) is 13.7. The summed E-state index contributed by atoms with van der Waals surface area (Å²) in [7, 11) is 0. The fourth-order valence-electron chi connectivity index (χ4n) is 9.25. The molecule has 336 valence electrons. The van der Waals surface area contributed by atoms with Crippen molar-refractivity contribution >= 4 is 33.7 Å². The van der Waals surface area contributed by atoms with E-state index in [1.165, 1.54) is 263 Å². The molecule has 0 aliphatic rings. The second-order valence-corrected chi connectivity index (χ2v) is 20.3. The van der Waals surface area contributed by atoms with E-state index >= 15 is 0 Å². The summed E-state index contributed by atoms with van der Waals surface area (Å²) < 4.78 is 0. The van der Waals surface area contributed by atoms with Gasteiger partial charge in [0.1, 0.15) is 0 Å². The molecule has 0 aliphatic carbocycles. The molecule has 3 heterocycles. The van der Waals surface area contributed by atoms with Crippen LogP contribution in [0, 0.1) is 0 Å². The zero-order valence-corrected chi connectivity index (χ0v) is 40.8. The molecule has 0 N–H and O–H groups in total. The normalized spacial score (nSPS) is 11.7.